The van der Waals surface area contributed by atoms with Crippen LogP contribution in [-0.2, 0) is 4.79 Å². The van der Waals surface area contributed by atoms with Gasteiger partial charge in [-0.25, -0.2) is 4.79 Å². The first-order valence-corrected chi connectivity index (χ1v) is 6.83. The zero-order valence-corrected chi connectivity index (χ0v) is 12.6. The largest absolute Gasteiger partial charge is 0.493 e. The summed E-state index contributed by atoms with van der Waals surface area (Å²) in [6, 6.07) is 4.52. The van der Waals surface area contributed by atoms with Crippen LogP contribution in [0.15, 0.2) is 29.5 Å². The van der Waals surface area contributed by atoms with Crippen molar-refractivity contribution < 1.29 is 19.1 Å². The van der Waals surface area contributed by atoms with Gasteiger partial charge in [0, 0.05) is 7.05 Å². The predicted octanol–water partition coefficient (Wildman–Crippen LogP) is 0.784. The molecular weight excluding hydrogens is 286 g/mol. The summed E-state index contributed by atoms with van der Waals surface area (Å²) < 4.78 is 10.5. The molecule has 2 N–H and O–H groups in total. The number of benzene rings is 1. The first-order chi connectivity index (χ1) is 10.5. The van der Waals surface area contributed by atoms with Gasteiger partial charge in [0.25, 0.3) is 5.91 Å². The third kappa shape index (κ3) is 2.14. The highest BCUT2D eigenvalue weighted by atomic mass is 16.5. The van der Waals surface area contributed by atoms with Crippen molar-refractivity contribution in [1.29, 1.82) is 0 Å². The fourth-order valence-corrected chi connectivity index (χ4v) is 2.79. The van der Waals surface area contributed by atoms with Crippen LogP contribution >= 0.6 is 0 Å². The van der Waals surface area contributed by atoms with Gasteiger partial charge in [-0.05, 0) is 17.7 Å². The van der Waals surface area contributed by atoms with Gasteiger partial charge in [0.15, 0.2) is 11.5 Å². The molecule has 0 spiro atoms. The van der Waals surface area contributed by atoms with Crippen molar-refractivity contribution >= 4 is 11.9 Å². The van der Waals surface area contributed by atoms with Crippen LogP contribution in [0.25, 0.3) is 0 Å². The van der Waals surface area contributed by atoms with Crippen LogP contribution in [-0.4, -0.2) is 44.7 Å². The van der Waals surface area contributed by atoms with Crippen LogP contribution in [0.3, 0.4) is 0 Å². The average Bonchev–Trinajstić information content (AvgIpc) is 2.80. The molecule has 2 heterocycles. The predicted molar refractivity (Wildman–Crippen MR) is 78.6 cm³/mol. The standard InChI is InChI=1S/C15H17N3O4/c1-18-7-9-12(14(18)19)13(17-15(20)16-9)8-4-5-10(21-2)11(6-8)22-3/h4-6,13H,7H2,1-3H3,(H2,16,17,20)/t13-/m0/s1. The lowest BCUT2D eigenvalue weighted by Crippen LogP contribution is -2.44. The molecule has 1 atom stereocenters. The molecule has 0 radical (unpaired) electrons. The lowest BCUT2D eigenvalue weighted by Gasteiger charge is -2.26. The van der Waals surface area contributed by atoms with Gasteiger partial charge in [0.05, 0.1) is 38.1 Å². The SMILES string of the molecule is COc1ccc([C@@H]2NC(=O)NC3=C2C(=O)N(C)C3)cc1OC. The van der Waals surface area contributed by atoms with Crippen LogP contribution in [0.2, 0.25) is 0 Å². The van der Waals surface area contributed by atoms with Gasteiger partial charge in [-0.15, -0.1) is 0 Å². The number of carbonyl (C=O) groups excluding carboxylic acids is 2. The van der Waals surface area contributed by atoms with E-state index in [0.29, 0.717) is 29.3 Å². The third-order valence-corrected chi connectivity index (χ3v) is 3.87. The molecule has 2 aliphatic rings. The van der Waals surface area contributed by atoms with Crippen LogP contribution in [0.4, 0.5) is 4.79 Å². The van der Waals surface area contributed by atoms with Gasteiger partial charge in [-0.3, -0.25) is 4.79 Å². The maximum absolute atomic E-state index is 12.3. The number of hydrogen-bond acceptors (Lipinski definition) is 4. The molecular formula is C15H17N3O4. The molecule has 1 aromatic rings. The van der Waals surface area contributed by atoms with Crippen molar-refractivity contribution in [1.82, 2.24) is 15.5 Å². The van der Waals surface area contributed by atoms with E-state index in [0.717, 1.165) is 5.56 Å². The van der Waals surface area contributed by atoms with Gasteiger partial charge in [-0.1, -0.05) is 6.07 Å². The third-order valence-electron chi connectivity index (χ3n) is 3.87. The fourth-order valence-electron chi connectivity index (χ4n) is 2.79. The molecule has 3 rings (SSSR count). The zero-order valence-electron chi connectivity index (χ0n) is 12.6. The molecule has 0 fully saturated rings. The van der Waals surface area contributed by atoms with E-state index >= 15 is 0 Å². The van der Waals surface area contributed by atoms with Crippen LogP contribution in [0.5, 0.6) is 11.5 Å². The minimum atomic E-state index is -0.499. The summed E-state index contributed by atoms with van der Waals surface area (Å²) in [4.78, 5) is 25.7. The smallest absolute Gasteiger partial charge is 0.319 e. The molecule has 0 saturated carbocycles. The summed E-state index contributed by atoms with van der Waals surface area (Å²) >= 11 is 0. The first kappa shape index (κ1) is 14.2. The Morgan fingerprint density at radius 1 is 1.18 bits per heavy atom. The molecule has 22 heavy (non-hydrogen) atoms. The number of nitrogens with one attached hydrogen (secondary N) is 2. The second-order valence-electron chi connectivity index (χ2n) is 5.20. The van der Waals surface area contributed by atoms with E-state index < -0.39 is 6.04 Å². The van der Waals surface area contributed by atoms with Crippen molar-refractivity contribution in [3.05, 3.63) is 35.0 Å². The summed E-state index contributed by atoms with van der Waals surface area (Å²) in [7, 11) is 4.81. The van der Waals surface area contributed by atoms with E-state index in [-0.39, 0.29) is 11.9 Å². The van der Waals surface area contributed by atoms with E-state index in [2.05, 4.69) is 10.6 Å². The minimum absolute atomic E-state index is 0.0951. The normalized spacial score (nSPS) is 20.5. The monoisotopic (exact) mass is 303 g/mol. The van der Waals surface area contributed by atoms with E-state index in [1.807, 2.05) is 6.07 Å². The van der Waals surface area contributed by atoms with Gasteiger partial charge < -0.3 is 25.0 Å². The highest BCUT2D eigenvalue weighted by Gasteiger charge is 2.39. The highest BCUT2D eigenvalue weighted by molar-refractivity contribution is 6.01. The van der Waals surface area contributed by atoms with Crippen molar-refractivity contribution in [3.63, 3.8) is 0 Å². The van der Waals surface area contributed by atoms with E-state index in [4.69, 9.17) is 9.47 Å². The number of urea groups is 1. The second kappa shape index (κ2) is 5.25. The van der Waals surface area contributed by atoms with E-state index in [1.165, 1.54) is 0 Å². The summed E-state index contributed by atoms with van der Waals surface area (Å²) in [6.07, 6.45) is 0. The number of likely N-dealkylation sites (N-methyl/N-ethyl adjacent to an activating group) is 1. The first-order valence-electron chi connectivity index (χ1n) is 6.83. The Kier molecular flexibility index (Phi) is 3.40. The maximum Gasteiger partial charge on any atom is 0.319 e. The van der Waals surface area contributed by atoms with Gasteiger partial charge in [-0.2, -0.15) is 0 Å². The van der Waals surface area contributed by atoms with Crippen molar-refractivity contribution in [3.8, 4) is 11.5 Å². The summed E-state index contributed by atoms with van der Waals surface area (Å²) in [5, 5.41) is 5.49. The number of ether oxygens (including phenoxy) is 2. The highest BCUT2D eigenvalue weighted by Crippen LogP contribution is 2.36. The quantitative estimate of drug-likeness (QED) is 0.865. The number of rotatable bonds is 3. The summed E-state index contributed by atoms with van der Waals surface area (Å²) in [6.45, 7) is 0.408. The average molecular weight is 303 g/mol. The topological polar surface area (TPSA) is 79.9 Å². The Bertz CT molecular complexity index is 683. The Balaban J connectivity index is 2.05. The van der Waals surface area contributed by atoms with Gasteiger partial charge in [0.2, 0.25) is 0 Å². The number of amides is 3. The Hall–Kier alpha value is -2.70. The number of methoxy groups -OCH3 is 2. The molecule has 0 aliphatic carbocycles. The van der Waals surface area contributed by atoms with E-state index in [1.54, 1.807) is 38.3 Å². The summed E-state index contributed by atoms with van der Waals surface area (Å²) in [5.74, 6) is 1.05. The fraction of sp³-hybridized carbons (Fsp3) is 0.333. The number of hydrogen-bond donors (Lipinski definition) is 2. The van der Waals surface area contributed by atoms with Gasteiger partial charge in [0.1, 0.15) is 0 Å². The van der Waals surface area contributed by atoms with Crippen molar-refractivity contribution in [2.45, 2.75) is 6.04 Å². The van der Waals surface area contributed by atoms with Crippen molar-refractivity contribution in [2.24, 2.45) is 0 Å². The molecule has 116 valence electrons. The zero-order chi connectivity index (χ0) is 15.9. The van der Waals surface area contributed by atoms with E-state index in [9.17, 15) is 9.59 Å². The van der Waals surface area contributed by atoms with Crippen LogP contribution in [0.1, 0.15) is 11.6 Å². The Labute approximate surface area is 127 Å². The summed E-state index contributed by atoms with van der Waals surface area (Å²) in [5.41, 5.74) is 1.98. The van der Waals surface area contributed by atoms with Gasteiger partial charge >= 0.3 is 6.03 Å². The lowest BCUT2D eigenvalue weighted by molar-refractivity contribution is -0.124. The van der Waals surface area contributed by atoms with Crippen LogP contribution in [0, 0.1) is 0 Å². The molecule has 7 nitrogen and oxygen atoms in total. The molecule has 0 saturated heterocycles. The molecule has 0 unspecified atom stereocenters. The molecule has 0 aromatic heterocycles. The lowest BCUT2D eigenvalue weighted by atomic mass is 9.96. The molecule has 1 aromatic carbocycles. The Morgan fingerprint density at radius 3 is 2.59 bits per heavy atom. The molecule has 0 bridgehead atoms. The van der Waals surface area contributed by atoms with Crippen LogP contribution < -0.4 is 20.1 Å². The second-order valence-corrected chi connectivity index (χ2v) is 5.20. The number of nitrogens with zero attached hydrogens (tertiary/aromatic N) is 1. The number of carbonyl (C=O) groups is 2. The molecule has 3 amide bonds. The minimum Gasteiger partial charge on any atom is -0.493 e. The molecule has 7 heteroatoms. The molecule has 2 aliphatic heterocycles. The maximum atomic E-state index is 12.3. The Morgan fingerprint density at radius 2 is 1.91 bits per heavy atom. The van der Waals surface area contributed by atoms with Crippen molar-refractivity contribution in [2.75, 3.05) is 27.8 Å².